The van der Waals surface area contributed by atoms with E-state index in [2.05, 4.69) is 53.1 Å². The lowest BCUT2D eigenvalue weighted by atomic mass is 10.1. The molecule has 4 nitrogen and oxygen atoms in total. The van der Waals surface area contributed by atoms with E-state index in [4.69, 9.17) is 46.4 Å². The summed E-state index contributed by atoms with van der Waals surface area (Å²) in [5.41, 5.74) is 3.46. The summed E-state index contributed by atoms with van der Waals surface area (Å²) in [4.78, 5) is 25.2. The van der Waals surface area contributed by atoms with Gasteiger partial charge in [0.1, 0.15) is 0 Å². The third-order valence-electron chi connectivity index (χ3n) is 5.71. The Kier molecular flexibility index (Phi) is 17.6. The number of halogens is 7. The number of Topliss-reactive ketones (excluding diaryl/α,β-unsaturated/α-hetero) is 2. The number of rotatable bonds is 9. The molecule has 0 aromatic heterocycles. The first kappa shape index (κ1) is 37.9. The van der Waals surface area contributed by atoms with Crippen LogP contribution in [0.5, 0.6) is 0 Å². The maximum absolute atomic E-state index is 12.2. The second kappa shape index (κ2) is 20.0. The molecular weight excluding hydrogens is 826 g/mol. The molecule has 0 bridgehead atoms. The molecule has 4 rings (SSSR count). The van der Waals surface area contributed by atoms with Crippen LogP contribution in [0.15, 0.2) is 93.9 Å². The number of carbonyl (C=O) groups excluding carboxylic acids is 2. The molecule has 0 atom stereocenters. The van der Waals surface area contributed by atoms with Crippen molar-refractivity contribution in [3.63, 3.8) is 0 Å². The second-order valence-corrected chi connectivity index (χ2v) is 13.2. The number of likely N-dealkylation sites (N-methyl/N-ethyl adjacent to an activating group) is 1. The van der Waals surface area contributed by atoms with Crippen molar-refractivity contribution >= 4 is 106 Å². The molecule has 4 aromatic rings. The smallest absolute Gasteiger partial charge is 0.176 e. The van der Waals surface area contributed by atoms with Gasteiger partial charge in [0.05, 0.1) is 11.9 Å². The lowest BCUT2D eigenvalue weighted by Gasteiger charge is -2.17. The van der Waals surface area contributed by atoms with Gasteiger partial charge in [-0.1, -0.05) is 131 Å². The van der Waals surface area contributed by atoms with Crippen LogP contribution in [0, 0.1) is 0 Å². The van der Waals surface area contributed by atoms with E-state index >= 15 is 0 Å². The highest BCUT2D eigenvalue weighted by molar-refractivity contribution is 9.10. The first-order valence-electron chi connectivity index (χ1n) is 12.8. The molecule has 0 radical (unpaired) electrons. The zero-order chi connectivity index (χ0) is 31.9. The minimum atomic E-state index is 0.0788. The lowest BCUT2D eigenvalue weighted by molar-refractivity contribution is 0.0942. The predicted octanol–water partition coefficient (Wildman–Crippen LogP) is 10.8. The number of nitrogens with one attached hydrogen (secondary N) is 1. The zero-order valence-electron chi connectivity index (χ0n) is 23.3. The van der Waals surface area contributed by atoms with Crippen LogP contribution in [-0.4, -0.2) is 42.4 Å². The Hall–Kier alpha value is -1.26. The van der Waals surface area contributed by atoms with Crippen molar-refractivity contribution in [1.29, 1.82) is 0 Å². The van der Waals surface area contributed by atoms with Crippen molar-refractivity contribution < 1.29 is 9.59 Å². The van der Waals surface area contributed by atoms with E-state index in [1.54, 1.807) is 30.3 Å². The van der Waals surface area contributed by atoms with E-state index in [9.17, 15) is 9.59 Å². The molecule has 0 unspecified atom stereocenters. The second-order valence-electron chi connectivity index (χ2n) is 9.17. The third kappa shape index (κ3) is 14.1. The summed E-state index contributed by atoms with van der Waals surface area (Å²) in [6.07, 6.45) is 0. The van der Waals surface area contributed by atoms with E-state index in [0.29, 0.717) is 44.1 Å². The van der Waals surface area contributed by atoms with Gasteiger partial charge in [0.25, 0.3) is 0 Å². The van der Waals surface area contributed by atoms with E-state index < -0.39 is 0 Å². The minimum absolute atomic E-state index is 0.0788. The van der Waals surface area contributed by atoms with Crippen LogP contribution in [0.2, 0.25) is 20.1 Å². The Balaban J connectivity index is 0.000000247. The van der Waals surface area contributed by atoms with Gasteiger partial charge in [0.15, 0.2) is 11.6 Å². The Bertz CT molecular complexity index is 1490. The normalized spacial score (nSPS) is 10.4. The van der Waals surface area contributed by atoms with Crippen molar-refractivity contribution in [1.82, 2.24) is 10.2 Å². The number of hydrogen-bond acceptors (Lipinski definition) is 4. The molecule has 0 heterocycles. The average molecular weight is 855 g/mol. The molecule has 0 aliphatic rings. The van der Waals surface area contributed by atoms with E-state index in [0.717, 1.165) is 32.2 Å². The monoisotopic (exact) mass is 850 g/mol. The number of benzene rings is 4. The molecule has 0 saturated heterocycles. The Morgan fingerprint density at radius 2 is 1.14 bits per heavy atom. The van der Waals surface area contributed by atoms with Gasteiger partial charge in [-0.25, -0.2) is 0 Å². The highest BCUT2D eigenvalue weighted by Gasteiger charge is 2.11. The van der Waals surface area contributed by atoms with Crippen molar-refractivity contribution in [2.45, 2.75) is 13.1 Å². The van der Waals surface area contributed by atoms with E-state index in [-0.39, 0.29) is 11.6 Å². The molecular formula is C32H29Br3Cl4N2O2. The summed E-state index contributed by atoms with van der Waals surface area (Å²) in [7, 11) is 3.77. The summed E-state index contributed by atoms with van der Waals surface area (Å²) in [5.74, 6) is 0.188. The van der Waals surface area contributed by atoms with Gasteiger partial charge < -0.3 is 5.32 Å². The van der Waals surface area contributed by atoms with Crippen LogP contribution in [0.25, 0.3) is 0 Å². The highest BCUT2D eigenvalue weighted by Crippen LogP contribution is 2.22. The molecule has 228 valence electrons. The predicted molar refractivity (Wildman–Crippen MR) is 193 cm³/mol. The van der Waals surface area contributed by atoms with E-state index in [1.165, 1.54) is 0 Å². The van der Waals surface area contributed by atoms with Gasteiger partial charge in [-0.2, -0.15) is 0 Å². The quantitative estimate of drug-likeness (QED) is 0.135. The molecule has 11 heteroatoms. The van der Waals surface area contributed by atoms with Crippen LogP contribution < -0.4 is 5.32 Å². The molecule has 0 aliphatic heterocycles. The molecule has 4 aromatic carbocycles. The number of alkyl halides is 1. The van der Waals surface area contributed by atoms with Crippen LogP contribution >= 0.6 is 94.2 Å². The number of ketones is 2. The molecule has 43 heavy (non-hydrogen) atoms. The van der Waals surface area contributed by atoms with Crippen LogP contribution in [-0.2, 0) is 13.1 Å². The highest BCUT2D eigenvalue weighted by atomic mass is 79.9. The Labute approximate surface area is 298 Å². The first-order chi connectivity index (χ1) is 20.4. The summed E-state index contributed by atoms with van der Waals surface area (Å²) >= 11 is 33.4. The number of hydrogen-bond donors (Lipinski definition) is 1. The van der Waals surface area contributed by atoms with Gasteiger partial charge in [0, 0.05) is 53.3 Å². The van der Waals surface area contributed by atoms with Crippen LogP contribution in [0.3, 0.4) is 0 Å². The topological polar surface area (TPSA) is 49.4 Å². The zero-order valence-corrected chi connectivity index (χ0v) is 31.1. The van der Waals surface area contributed by atoms with Crippen LogP contribution in [0.1, 0.15) is 31.8 Å². The molecule has 0 aliphatic carbocycles. The van der Waals surface area contributed by atoms with Crippen molar-refractivity contribution in [2.75, 3.05) is 26.0 Å². The number of nitrogens with zero attached hydrogens (tertiary/aromatic N) is 1. The summed E-state index contributed by atoms with van der Waals surface area (Å²) in [5, 5.41) is 6.02. The molecule has 0 saturated carbocycles. The summed E-state index contributed by atoms with van der Waals surface area (Å²) in [6, 6.07) is 25.6. The molecule has 0 amide bonds. The fraction of sp³-hybridized carbons (Fsp3) is 0.188. The van der Waals surface area contributed by atoms with Gasteiger partial charge in [-0.15, -0.1) is 0 Å². The van der Waals surface area contributed by atoms with Gasteiger partial charge in [-0.3, -0.25) is 14.5 Å². The maximum atomic E-state index is 12.2. The average Bonchev–Trinajstić information content (AvgIpc) is 2.97. The standard InChI is InChI=1S/C16H14BrCl2NO.C8H6Br2O.C8H9Cl2N/c1-20(9-12-4-7-14(18)8-15(12)19)10-16(21)11-2-5-13(17)6-3-11;9-5-8(11)6-1-3-7(10)4-2-6;1-11-5-6-2-3-7(9)4-8(6)10/h2-8H,9-10H2,1H3;1-4H,5H2;2-4,11H,5H2,1H3. The van der Waals surface area contributed by atoms with Gasteiger partial charge >= 0.3 is 0 Å². The Morgan fingerprint density at radius 1 is 0.698 bits per heavy atom. The van der Waals surface area contributed by atoms with Gasteiger partial charge in [-0.05, 0) is 73.8 Å². The van der Waals surface area contributed by atoms with Crippen molar-refractivity contribution in [3.8, 4) is 0 Å². The van der Waals surface area contributed by atoms with Crippen molar-refractivity contribution in [2.24, 2.45) is 0 Å². The largest absolute Gasteiger partial charge is 0.316 e. The van der Waals surface area contributed by atoms with Crippen molar-refractivity contribution in [3.05, 3.63) is 136 Å². The lowest BCUT2D eigenvalue weighted by Crippen LogP contribution is -2.25. The Morgan fingerprint density at radius 3 is 1.56 bits per heavy atom. The molecule has 0 fully saturated rings. The minimum Gasteiger partial charge on any atom is -0.316 e. The molecule has 1 N–H and O–H groups in total. The molecule has 0 spiro atoms. The fourth-order valence-electron chi connectivity index (χ4n) is 3.54. The van der Waals surface area contributed by atoms with E-state index in [1.807, 2.05) is 73.6 Å². The van der Waals surface area contributed by atoms with Gasteiger partial charge in [0.2, 0.25) is 0 Å². The fourth-order valence-corrected chi connectivity index (χ4v) is 5.33. The van der Waals surface area contributed by atoms with Crippen LogP contribution in [0.4, 0.5) is 0 Å². The first-order valence-corrected chi connectivity index (χ1v) is 17.0. The number of carbonyl (C=O) groups is 2. The SMILES string of the molecule is CN(CC(=O)c1ccc(Br)cc1)Cc1ccc(Cl)cc1Cl.CNCc1ccc(Cl)cc1Cl.O=C(CBr)c1ccc(Br)cc1. The summed E-state index contributed by atoms with van der Waals surface area (Å²) < 4.78 is 1.95. The maximum Gasteiger partial charge on any atom is 0.176 e. The summed E-state index contributed by atoms with van der Waals surface area (Å²) in [6.45, 7) is 1.70. The third-order valence-corrected chi connectivity index (χ3v) is 8.45.